The first-order chi connectivity index (χ1) is 16.7. The van der Waals surface area contributed by atoms with Crippen molar-refractivity contribution in [2.24, 2.45) is 5.10 Å². The average Bonchev–Trinajstić information content (AvgIpc) is 3.21. The molecule has 1 amide bonds. The summed E-state index contributed by atoms with van der Waals surface area (Å²) in [6, 6.07) is 32.2. The molecule has 0 radical (unpaired) electrons. The largest absolute Gasteiger partial charge is 0.483 e. The standard InChI is InChI=1S/C29H25N3O2/c1-2-32-26-14-8-6-13-24(26)25-18-21(16-17-27(25)32)19-30-31-29(33)20-34-28-15-9-7-12-23(28)22-10-4-3-5-11-22/h3-19H,2,20H2,1H3,(H,31,33)/b30-19+. The van der Waals surface area contributed by atoms with Crippen LogP contribution in [0.2, 0.25) is 0 Å². The number of carbonyl (C=O) groups excluding carboxylic acids is 1. The van der Waals surface area contributed by atoms with E-state index in [0.717, 1.165) is 23.2 Å². The molecule has 5 heteroatoms. The molecular formula is C29H25N3O2. The maximum atomic E-state index is 12.3. The van der Waals surface area contributed by atoms with Crippen LogP contribution in [0.3, 0.4) is 0 Å². The topological polar surface area (TPSA) is 55.6 Å². The summed E-state index contributed by atoms with van der Waals surface area (Å²) in [5.41, 5.74) is 7.87. The van der Waals surface area contributed by atoms with Crippen LogP contribution in [0.5, 0.6) is 5.75 Å². The summed E-state index contributed by atoms with van der Waals surface area (Å²) in [6.45, 7) is 2.93. The number of fused-ring (bicyclic) bond motifs is 3. The van der Waals surface area contributed by atoms with Crippen molar-refractivity contribution in [3.05, 3.63) is 103 Å². The molecule has 1 heterocycles. The summed E-state index contributed by atoms with van der Waals surface area (Å²) in [6.07, 6.45) is 1.66. The number of hydrazone groups is 1. The highest BCUT2D eigenvalue weighted by atomic mass is 16.5. The van der Waals surface area contributed by atoms with Crippen molar-refractivity contribution in [3.8, 4) is 16.9 Å². The number of rotatable bonds is 7. The van der Waals surface area contributed by atoms with E-state index in [2.05, 4.69) is 58.4 Å². The highest BCUT2D eigenvalue weighted by Gasteiger charge is 2.10. The van der Waals surface area contributed by atoms with E-state index in [1.54, 1.807) is 6.21 Å². The number of para-hydroxylation sites is 2. The third-order valence-electron chi connectivity index (χ3n) is 5.85. The molecule has 0 fully saturated rings. The van der Waals surface area contributed by atoms with Gasteiger partial charge in [-0.3, -0.25) is 4.79 Å². The number of carbonyl (C=O) groups is 1. The van der Waals surface area contributed by atoms with Crippen molar-refractivity contribution in [1.82, 2.24) is 9.99 Å². The number of nitrogens with zero attached hydrogens (tertiary/aromatic N) is 2. The normalized spacial score (nSPS) is 11.3. The second-order valence-corrected chi connectivity index (χ2v) is 7.98. The van der Waals surface area contributed by atoms with Crippen LogP contribution in [-0.4, -0.2) is 23.3 Å². The summed E-state index contributed by atoms with van der Waals surface area (Å²) in [4.78, 5) is 12.3. The Morgan fingerprint density at radius 1 is 0.882 bits per heavy atom. The predicted molar refractivity (Wildman–Crippen MR) is 138 cm³/mol. The number of nitrogens with one attached hydrogen (secondary N) is 1. The molecule has 0 saturated heterocycles. The number of benzene rings is 4. The Hall–Kier alpha value is -4.38. The molecule has 4 aromatic carbocycles. The van der Waals surface area contributed by atoms with Gasteiger partial charge in [-0.05, 0) is 42.3 Å². The first kappa shape index (κ1) is 21.5. The minimum atomic E-state index is -0.317. The zero-order chi connectivity index (χ0) is 23.3. The number of aryl methyl sites for hydroxylation is 1. The summed E-state index contributed by atoms with van der Waals surface area (Å²) in [5, 5.41) is 6.52. The van der Waals surface area contributed by atoms with Crippen LogP contribution in [0.4, 0.5) is 0 Å². The third-order valence-corrected chi connectivity index (χ3v) is 5.85. The monoisotopic (exact) mass is 447 g/mol. The van der Waals surface area contributed by atoms with Gasteiger partial charge in [0, 0.05) is 33.9 Å². The van der Waals surface area contributed by atoms with Crippen molar-refractivity contribution >= 4 is 33.9 Å². The molecule has 0 aliphatic heterocycles. The van der Waals surface area contributed by atoms with Crippen molar-refractivity contribution in [3.63, 3.8) is 0 Å². The quantitative estimate of drug-likeness (QED) is 0.245. The second-order valence-electron chi connectivity index (χ2n) is 7.98. The van der Waals surface area contributed by atoms with Crippen LogP contribution in [-0.2, 0) is 11.3 Å². The average molecular weight is 448 g/mol. The van der Waals surface area contributed by atoms with E-state index in [0.29, 0.717) is 5.75 Å². The molecule has 0 atom stereocenters. The Labute approximate surface area is 198 Å². The summed E-state index contributed by atoms with van der Waals surface area (Å²) in [7, 11) is 0. The van der Waals surface area contributed by atoms with Crippen LogP contribution in [0.15, 0.2) is 102 Å². The molecule has 5 nitrogen and oxygen atoms in total. The highest BCUT2D eigenvalue weighted by molar-refractivity contribution is 6.09. The van der Waals surface area contributed by atoms with Gasteiger partial charge in [-0.15, -0.1) is 0 Å². The fraction of sp³-hybridized carbons (Fsp3) is 0.103. The van der Waals surface area contributed by atoms with Gasteiger partial charge in [-0.2, -0.15) is 5.10 Å². The zero-order valence-corrected chi connectivity index (χ0v) is 18.9. The molecule has 1 aromatic heterocycles. The molecule has 34 heavy (non-hydrogen) atoms. The van der Waals surface area contributed by atoms with Gasteiger partial charge in [0.25, 0.3) is 5.91 Å². The number of ether oxygens (including phenoxy) is 1. The molecule has 5 rings (SSSR count). The zero-order valence-electron chi connectivity index (χ0n) is 18.9. The summed E-state index contributed by atoms with van der Waals surface area (Å²) >= 11 is 0. The fourth-order valence-corrected chi connectivity index (χ4v) is 4.30. The predicted octanol–water partition coefficient (Wildman–Crippen LogP) is 6.01. The molecule has 0 aliphatic carbocycles. The third kappa shape index (κ3) is 4.28. The first-order valence-corrected chi connectivity index (χ1v) is 11.3. The van der Waals surface area contributed by atoms with Gasteiger partial charge in [0.2, 0.25) is 0 Å². The molecule has 0 saturated carbocycles. The van der Waals surface area contributed by atoms with E-state index in [4.69, 9.17) is 4.74 Å². The van der Waals surface area contributed by atoms with Crippen molar-refractivity contribution in [1.29, 1.82) is 0 Å². The van der Waals surface area contributed by atoms with E-state index in [1.165, 1.54) is 21.8 Å². The first-order valence-electron chi connectivity index (χ1n) is 11.3. The number of amides is 1. The van der Waals surface area contributed by atoms with Gasteiger partial charge in [0.05, 0.1) is 6.21 Å². The maximum absolute atomic E-state index is 12.3. The van der Waals surface area contributed by atoms with Crippen molar-refractivity contribution in [2.45, 2.75) is 13.5 Å². The van der Waals surface area contributed by atoms with Gasteiger partial charge in [-0.25, -0.2) is 5.43 Å². The Kier molecular flexibility index (Phi) is 6.08. The van der Waals surface area contributed by atoms with Crippen LogP contribution in [0, 0.1) is 0 Å². The second kappa shape index (κ2) is 9.63. The SMILES string of the molecule is CCn1c2ccccc2c2cc(/C=N/NC(=O)COc3ccccc3-c3ccccc3)ccc21. The van der Waals surface area contributed by atoms with E-state index in [1.807, 2.05) is 60.7 Å². The fourth-order valence-electron chi connectivity index (χ4n) is 4.30. The van der Waals surface area contributed by atoms with Crippen LogP contribution < -0.4 is 10.2 Å². The Balaban J connectivity index is 1.26. The molecular weight excluding hydrogens is 422 g/mol. The molecule has 5 aromatic rings. The number of hydrogen-bond donors (Lipinski definition) is 1. The minimum absolute atomic E-state index is 0.121. The highest BCUT2D eigenvalue weighted by Crippen LogP contribution is 2.30. The van der Waals surface area contributed by atoms with Crippen molar-refractivity contribution in [2.75, 3.05) is 6.61 Å². The summed E-state index contributed by atoms with van der Waals surface area (Å²) < 4.78 is 8.09. The van der Waals surface area contributed by atoms with Crippen LogP contribution in [0.25, 0.3) is 32.9 Å². The van der Waals surface area contributed by atoms with Crippen LogP contribution in [0.1, 0.15) is 12.5 Å². The maximum Gasteiger partial charge on any atom is 0.277 e. The Morgan fingerprint density at radius 3 is 2.47 bits per heavy atom. The van der Waals surface area contributed by atoms with Crippen LogP contribution >= 0.6 is 0 Å². The van der Waals surface area contributed by atoms with Gasteiger partial charge in [0.15, 0.2) is 6.61 Å². The Morgan fingerprint density at radius 2 is 1.62 bits per heavy atom. The van der Waals surface area contributed by atoms with E-state index in [9.17, 15) is 4.79 Å². The molecule has 168 valence electrons. The van der Waals surface area contributed by atoms with E-state index in [-0.39, 0.29) is 12.5 Å². The number of aromatic nitrogens is 1. The van der Waals surface area contributed by atoms with Gasteiger partial charge in [0.1, 0.15) is 5.75 Å². The lowest BCUT2D eigenvalue weighted by Gasteiger charge is -2.10. The van der Waals surface area contributed by atoms with Gasteiger partial charge < -0.3 is 9.30 Å². The molecule has 0 spiro atoms. The van der Waals surface area contributed by atoms with Crippen molar-refractivity contribution < 1.29 is 9.53 Å². The lowest BCUT2D eigenvalue weighted by atomic mass is 10.1. The molecule has 0 bridgehead atoms. The molecule has 1 N–H and O–H groups in total. The van der Waals surface area contributed by atoms with Gasteiger partial charge in [-0.1, -0.05) is 72.8 Å². The number of hydrogen-bond acceptors (Lipinski definition) is 3. The summed E-state index contributed by atoms with van der Waals surface area (Å²) in [5.74, 6) is 0.341. The minimum Gasteiger partial charge on any atom is -0.483 e. The lowest BCUT2D eigenvalue weighted by molar-refractivity contribution is -0.123. The Bertz CT molecular complexity index is 1490. The smallest absolute Gasteiger partial charge is 0.277 e. The van der Waals surface area contributed by atoms with E-state index < -0.39 is 0 Å². The van der Waals surface area contributed by atoms with Gasteiger partial charge >= 0.3 is 0 Å². The molecule has 0 unspecified atom stereocenters. The lowest BCUT2D eigenvalue weighted by Crippen LogP contribution is -2.24. The van der Waals surface area contributed by atoms with E-state index >= 15 is 0 Å². The molecule has 0 aliphatic rings.